The maximum absolute atomic E-state index is 14.2. The molecule has 1 aliphatic heterocycles. The van der Waals surface area contributed by atoms with Crippen LogP contribution in [0.15, 0.2) is 29.6 Å². The number of thiazole rings is 1. The van der Waals surface area contributed by atoms with Gasteiger partial charge in [-0.15, -0.1) is 0 Å². The minimum absolute atomic E-state index is 0.138. The monoisotopic (exact) mass is 541 g/mol. The van der Waals surface area contributed by atoms with Gasteiger partial charge in [0.15, 0.2) is 10.9 Å². The minimum atomic E-state index is -4.30. The minimum Gasteiger partial charge on any atom is -0.480 e. The molecule has 188 valence electrons. The predicted molar refractivity (Wildman–Crippen MR) is 133 cm³/mol. The second-order valence-corrected chi connectivity index (χ2v) is 11.2. The normalized spacial score (nSPS) is 15.6. The van der Waals surface area contributed by atoms with Crippen LogP contribution in [-0.4, -0.2) is 49.7 Å². The molecule has 1 unspecified atom stereocenters. The molecular weight excluding hydrogens is 517 g/mol. The van der Waals surface area contributed by atoms with Crippen molar-refractivity contribution in [2.45, 2.75) is 37.6 Å². The molecule has 13 heteroatoms. The summed E-state index contributed by atoms with van der Waals surface area (Å²) in [5.41, 5.74) is 0.856. The Morgan fingerprint density at radius 3 is 2.71 bits per heavy atom. The number of aryl methyl sites for hydroxylation is 1. The Balaban J connectivity index is 1.64. The third-order valence-electron chi connectivity index (χ3n) is 5.77. The molecule has 1 aliphatic rings. The molecule has 1 saturated heterocycles. The van der Waals surface area contributed by atoms with Gasteiger partial charge in [-0.1, -0.05) is 22.9 Å². The van der Waals surface area contributed by atoms with Gasteiger partial charge >= 0.3 is 0 Å². The maximum Gasteiger partial charge on any atom is 0.267 e. The van der Waals surface area contributed by atoms with E-state index in [4.69, 9.17) is 21.1 Å². The van der Waals surface area contributed by atoms with Crippen molar-refractivity contribution in [3.05, 3.63) is 41.2 Å². The summed E-state index contributed by atoms with van der Waals surface area (Å²) in [7, 11) is -3.00. The third-order valence-corrected chi connectivity index (χ3v) is 8.54. The van der Waals surface area contributed by atoms with Crippen LogP contribution in [0, 0.1) is 18.7 Å². The molecule has 0 radical (unpaired) electrons. The zero-order valence-corrected chi connectivity index (χ0v) is 21.7. The summed E-state index contributed by atoms with van der Waals surface area (Å²) in [5, 5.41) is 4.03. The van der Waals surface area contributed by atoms with Gasteiger partial charge < -0.3 is 14.8 Å². The van der Waals surface area contributed by atoms with Gasteiger partial charge in [0.25, 0.3) is 10.0 Å². The van der Waals surface area contributed by atoms with Gasteiger partial charge in [0.2, 0.25) is 5.88 Å². The molecule has 35 heavy (non-hydrogen) atoms. The van der Waals surface area contributed by atoms with Crippen molar-refractivity contribution < 1.29 is 22.3 Å². The number of rotatable bonds is 8. The molecule has 0 saturated carbocycles. The van der Waals surface area contributed by atoms with Crippen LogP contribution in [0.1, 0.15) is 25.5 Å². The Labute approximate surface area is 212 Å². The van der Waals surface area contributed by atoms with E-state index in [1.165, 1.54) is 30.7 Å². The lowest BCUT2D eigenvalue weighted by atomic mass is 9.93. The molecule has 4 heterocycles. The third kappa shape index (κ3) is 5.66. The van der Waals surface area contributed by atoms with E-state index in [2.05, 4.69) is 31.9 Å². The maximum atomic E-state index is 14.2. The fourth-order valence-corrected chi connectivity index (χ4v) is 6.38. The van der Waals surface area contributed by atoms with Crippen molar-refractivity contribution in [3.63, 3.8) is 0 Å². The van der Waals surface area contributed by atoms with Crippen molar-refractivity contribution in [1.29, 1.82) is 0 Å². The van der Waals surface area contributed by atoms with Crippen molar-refractivity contribution in [2.75, 3.05) is 30.4 Å². The molecule has 3 aromatic rings. The zero-order chi connectivity index (χ0) is 25.2. The van der Waals surface area contributed by atoms with Gasteiger partial charge in [-0.05, 0) is 38.7 Å². The Hall–Kier alpha value is -2.54. The highest BCUT2D eigenvalue weighted by Gasteiger charge is 2.26. The Bertz CT molecular complexity index is 1290. The lowest BCUT2D eigenvalue weighted by molar-refractivity contribution is 0.0622. The van der Waals surface area contributed by atoms with Crippen LogP contribution in [0.2, 0.25) is 5.02 Å². The van der Waals surface area contributed by atoms with Crippen LogP contribution in [0.3, 0.4) is 0 Å². The Morgan fingerprint density at radius 1 is 1.29 bits per heavy atom. The van der Waals surface area contributed by atoms with E-state index in [1.807, 2.05) is 6.92 Å². The summed E-state index contributed by atoms with van der Waals surface area (Å²) >= 11 is 7.36. The number of nitrogens with zero attached hydrogens (tertiary/aromatic N) is 3. The largest absolute Gasteiger partial charge is 0.480 e. The number of sulfonamides is 1. The summed E-state index contributed by atoms with van der Waals surface area (Å²) in [6, 6.07) is 1.64. The van der Waals surface area contributed by atoms with E-state index in [1.54, 1.807) is 0 Å². The first-order valence-electron chi connectivity index (χ1n) is 10.9. The molecule has 2 N–H and O–H groups in total. The summed E-state index contributed by atoms with van der Waals surface area (Å²) in [4.78, 5) is 12.9. The van der Waals surface area contributed by atoms with E-state index in [9.17, 15) is 12.8 Å². The highest BCUT2D eigenvalue weighted by molar-refractivity contribution is 7.92. The summed E-state index contributed by atoms with van der Waals surface area (Å²) in [5.74, 6) is -0.556. The van der Waals surface area contributed by atoms with Crippen molar-refractivity contribution in [1.82, 2.24) is 15.0 Å². The molecular formula is C22H25ClFN5O4S2. The number of methoxy groups -OCH3 is 1. The molecule has 0 aromatic carbocycles. The second kappa shape index (κ2) is 10.6. The number of halogens is 2. The summed E-state index contributed by atoms with van der Waals surface area (Å²) in [6.45, 7) is 5.49. The van der Waals surface area contributed by atoms with E-state index in [0.29, 0.717) is 11.5 Å². The van der Waals surface area contributed by atoms with Crippen molar-refractivity contribution >= 4 is 43.8 Å². The van der Waals surface area contributed by atoms with Crippen molar-refractivity contribution in [2.24, 2.45) is 5.92 Å². The molecule has 0 spiro atoms. The van der Waals surface area contributed by atoms with Gasteiger partial charge in [-0.25, -0.2) is 22.8 Å². The number of aromatic nitrogens is 3. The fraction of sp³-hybridized carbons (Fsp3) is 0.409. The highest BCUT2D eigenvalue weighted by Crippen LogP contribution is 2.37. The number of hydrogen-bond acceptors (Lipinski definition) is 9. The first-order chi connectivity index (χ1) is 16.7. The van der Waals surface area contributed by atoms with E-state index < -0.39 is 21.5 Å². The molecule has 3 aromatic heterocycles. The molecule has 1 fully saturated rings. The number of pyridine rings is 2. The van der Waals surface area contributed by atoms with Gasteiger partial charge in [0, 0.05) is 37.2 Å². The number of hydrogen-bond donors (Lipinski definition) is 2. The predicted octanol–water partition coefficient (Wildman–Crippen LogP) is 4.74. The number of anilines is 2. The fourth-order valence-electron chi connectivity index (χ4n) is 3.85. The van der Waals surface area contributed by atoms with Crippen LogP contribution >= 0.6 is 22.9 Å². The van der Waals surface area contributed by atoms with Crippen LogP contribution in [0.5, 0.6) is 5.88 Å². The van der Waals surface area contributed by atoms with E-state index >= 15 is 0 Å². The quantitative estimate of drug-likeness (QED) is 0.420. The second-order valence-electron chi connectivity index (χ2n) is 8.13. The van der Waals surface area contributed by atoms with Crippen LogP contribution in [0.4, 0.5) is 15.2 Å². The molecule has 0 amide bonds. The average Bonchev–Trinajstić information content (AvgIpc) is 3.21. The van der Waals surface area contributed by atoms with Gasteiger partial charge in [0.05, 0.1) is 28.9 Å². The molecule has 0 aliphatic carbocycles. The SMILES string of the molecule is COc1ncc(-c2sc(NC(C)C3CCOCC3)nc2C)cc1S(=O)(=O)Nc1c(F)cncc1Cl. The summed E-state index contributed by atoms with van der Waals surface area (Å²) < 4.78 is 53.3. The van der Waals surface area contributed by atoms with Gasteiger partial charge in [-0.3, -0.25) is 9.71 Å². The Kier molecular flexibility index (Phi) is 7.74. The van der Waals surface area contributed by atoms with Gasteiger partial charge in [-0.2, -0.15) is 0 Å². The average molecular weight is 542 g/mol. The van der Waals surface area contributed by atoms with Crippen LogP contribution in [0.25, 0.3) is 10.4 Å². The highest BCUT2D eigenvalue weighted by atomic mass is 35.5. The summed E-state index contributed by atoms with van der Waals surface area (Å²) in [6.07, 6.45) is 5.51. The number of nitrogens with one attached hydrogen (secondary N) is 2. The Morgan fingerprint density at radius 2 is 2.03 bits per heavy atom. The molecule has 4 rings (SSSR count). The van der Waals surface area contributed by atoms with Crippen LogP contribution < -0.4 is 14.8 Å². The standard InChI is InChI=1S/C22H25ClFN5O4S2/c1-12(14-4-6-33-7-5-14)27-22-28-13(2)20(34-22)15-8-18(21(32-3)26-9-15)35(30,31)29-19-16(23)10-25-11-17(19)24/h8-12,14H,4-7H2,1-3H3,(H,25,29)(H,27,28). The smallest absolute Gasteiger partial charge is 0.267 e. The lowest BCUT2D eigenvalue weighted by Crippen LogP contribution is -2.30. The lowest BCUT2D eigenvalue weighted by Gasteiger charge is -2.28. The topological polar surface area (TPSA) is 115 Å². The molecule has 9 nitrogen and oxygen atoms in total. The first-order valence-corrected chi connectivity index (χ1v) is 13.5. The first kappa shape index (κ1) is 25.5. The molecule has 1 atom stereocenters. The van der Waals surface area contributed by atoms with E-state index in [0.717, 1.165) is 54.2 Å². The number of ether oxygens (including phenoxy) is 2. The van der Waals surface area contributed by atoms with Crippen LogP contribution in [-0.2, 0) is 14.8 Å². The zero-order valence-electron chi connectivity index (χ0n) is 19.3. The van der Waals surface area contributed by atoms with Gasteiger partial charge in [0.1, 0.15) is 10.6 Å². The van der Waals surface area contributed by atoms with E-state index in [-0.39, 0.29) is 21.8 Å². The van der Waals surface area contributed by atoms with Crippen molar-refractivity contribution in [3.8, 4) is 16.3 Å². The molecule has 0 bridgehead atoms.